The summed E-state index contributed by atoms with van der Waals surface area (Å²) < 4.78 is 5.11. The Bertz CT molecular complexity index is 799. The maximum absolute atomic E-state index is 12.0. The maximum Gasteiger partial charge on any atom is 0.338 e. The van der Waals surface area contributed by atoms with E-state index in [0.717, 1.165) is 5.56 Å². The molecule has 0 atom stereocenters. The number of anilines is 1. The second-order valence-electron chi connectivity index (χ2n) is 5.53. The zero-order valence-electron chi connectivity index (χ0n) is 13.8. The van der Waals surface area contributed by atoms with Crippen LogP contribution >= 0.6 is 23.2 Å². The average molecular weight is 378 g/mol. The second-order valence-corrected chi connectivity index (χ2v) is 6.34. The Hall–Kier alpha value is -2.30. The Morgan fingerprint density at radius 1 is 1.04 bits per heavy atom. The van der Waals surface area contributed by atoms with Crippen LogP contribution < -0.4 is 5.32 Å². The first kappa shape index (κ1) is 19.0. The number of rotatable bonds is 5. The van der Waals surface area contributed by atoms with E-state index < -0.39 is 5.97 Å². The molecule has 6 heteroatoms. The van der Waals surface area contributed by atoms with Gasteiger partial charge in [-0.05, 0) is 61.9 Å². The fraction of sp³-hybridized carbons (Fsp3) is 0.158. The fourth-order valence-electron chi connectivity index (χ4n) is 1.94. The van der Waals surface area contributed by atoms with Gasteiger partial charge in [0.05, 0.1) is 21.7 Å². The zero-order chi connectivity index (χ0) is 18.4. The highest BCUT2D eigenvalue weighted by Crippen LogP contribution is 2.23. The Balaban J connectivity index is 1.97. The van der Waals surface area contributed by atoms with Gasteiger partial charge in [-0.15, -0.1) is 0 Å². The third-order valence-electron chi connectivity index (χ3n) is 3.10. The molecular weight excluding hydrogens is 361 g/mol. The Labute approximate surface area is 156 Å². The molecule has 0 aliphatic heterocycles. The van der Waals surface area contributed by atoms with E-state index in [1.807, 2.05) is 0 Å². The van der Waals surface area contributed by atoms with Gasteiger partial charge in [0.25, 0.3) is 0 Å². The summed E-state index contributed by atoms with van der Waals surface area (Å²) >= 11 is 11.8. The molecule has 2 rings (SSSR count). The molecule has 25 heavy (non-hydrogen) atoms. The summed E-state index contributed by atoms with van der Waals surface area (Å²) in [6.07, 6.45) is 2.84. The standard InChI is InChI=1S/C19H17Cl2NO3/c1-12(2)25-19(24)14-5-7-15(8-6-14)22-18(23)10-4-13-3-9-16(20)17(21)11-13/h3-12H,1-2H3,(H,22,23). The lowest BCUT2D eigenvalue weighted by Gasteiger charge is -2.08. The average Bonchev–Trinajstić information content (AvgIpc) is 2.56. The third kappa shape index (κ3) is 5.93. The minimum Gasteiger partial charge on any atom is -0.459 e. The molecule has 2 aromatic rings. The summed E-state index contributed by atoms with van der Waals surface area (Å²) in [6.45, 7) is 3.57. The SMILES string of the molecule is CC(C)OC(=O)c1ccc(NC(=O)C=Cc2ccc(Cl)c(Cl)c2)cc1. The lowest BCUT2D eigenvalue weighted by molar-refractivity contribution is -0.111. The monoisotopic (exact) mass is 377 g/mol. The van der Waals surface area contributed by atoms with Crippen LogP contribution in [0.4, 0.5) is 5.69 Å². The van der Waals surface area contributed by atoms with Gasteiger partial charge < -0.3 is 10.1 Å². The van der Waals surface area contributed by atoms with E-state index in [1.165, 1.54) is 6.08 Å². The number of carbonyl (C=O) groups is 2. The predicted molar refractivity (Wildman–Crippen MR) is 101 cm³/mol. The molecule has 0 aliphatic carbocycles. The van der Waals surface area contributed by atoms with Gasteiger partial charge in [-0.25, -0.2) is 4.79 Å². The molecule has 2 aromatic carbocycles. The van der Waals surface area contributed by atoms with Crippen LogP contribution in [0.5, 0.6) is 0 Å². The Morgan fingerprint density at radius 2 is 1.72 bits per heavy atom. The number of halogens is 2. The van der Waals surface area contributed by atoms with Gasteiger partial charge in [0.15, 0.2) is 0 Å². The Morgan fingerprint density at radius 3 is 2.32 bits per heavy atom. The van der Waals surface area contributed by atoms with Gasteiger partial charge in [-0.2, -0.15) is 0 Å². The molecule has 0 aliphatic rings. The maximum atomic E-state index is 12.0. The molecule has 0 spiro atoms. The molecule has 0 unspecified atom stereocenters. The van der Waals surface area contributed by atoms with Crippen LogP contribution in [0.25, 0.3) is 6.08 Å². The summed E-state index contributed by atoms with van der Waals surface area (Å²) in [4.78, 5) is 23.7. The summed E-state index contributed by atoms with van der Waals surface area (Å²) in [7, 11) is 0. The molecule has 0 radical (unpaired) electrons. The van der Waals surface area contributed by atoms with Gasteiger partial charge in [-0.1, -0.05) is 29.3 Å². The van der Waals surface area contributed by atoms with Crippen molar-refractivity contribution in [1.29, 1.82) is 0 Å². The van der Waals surface area contributed by atoms with Crippen LogP contribution in [0.15, 0.2) is 48.5 Å². The number of carbonyl (C=O) groups excluding carboxylic acids is 2. The lowest BCUT2D eigenvalue weighted by atomic mass is 10.2. The summed E-state index contributed by atoms with van der Waals surface area (Å²) in [5.41, 5.74) is 1.76. The number of hydrogen-bond donors (Lipinski definition) is 1. The van der Waals surface area contributed by atoms with Crippen molar-refractivity contribution in [1.82, 2.24) is 0 Å². The number of amides is 1. The lowest BCUT2D eigenvalue weighted by Crippen LogP contribution is -2.12. The van der Waals surface area contributed by atoms with Crippen molar-refractivity contribution >= 4 is 46.8 Å². The van der Waals surface area contributed by atoms with E-state index in [2.05, 4.69) is 5.32 Å². The van der Waals surface area contributed by atoms with Crippen molar-refractivity contribution in [2.75, 3.05) is 5.32 Å². The van der Waals surface area contributed by atoms with Crippen molar-refractivity contribution in [3.05, 3.63) is 69.7 Å². The summed E-state index contributed by atoms with van der Waals surface area (Å²) in [5, 5.41) is 3.59. The van der Waals surface area contributed by atoms with E-state index in [0.29, 0.717) is 21.3 Å². The minimum absolute atomic E-state index is 0.182. The first-order valence-electron chi connectivity index (χ1n) is 7.60. The topological polar surface area (TPSA) is 55.4 Å². The summed E-state index contributed by atoms with van der Waals surface area (Å²) in [6, 6.07) is 11.6. The van der Waals surface area contributed by atoms with E-state index in [-0.39, 0.29) is 12.0 Å². The van der Waals surface area contributed by atoms with E-state index >= 15 is 0 Å². The van der Waals surface area contributed by atoms with Crippen LogP contribution in [0.1, 0.15) is 29.8 Å². The number of benzene rings is 2. The van der Waals surface area contributed by atoms with E-state index in [9.17, 15) is 9.59 Å². The quantitative estimate of drug-likeness (QED) is 0.574. The second kappa shape index (κ2) is 8.70. The number of ether oxygens (including phenoxy) is 1. The molecular formula is C19H17Cl2NO3. The molecule has 1 amide bonds. The van der Waals surface area contributed by atoms with Crippen molar-refractivity contribution in [2.45, 2.75) is 20.0 Å². The van der Waals surface area contributed by atoms with Crippen LogP contribution in [-0.2, 0) is 9.53 Å². The van der Waals surface area contributed by atoms with Crippen molar-refractivity contribution < 1.29 is 14.3 Å². The van der Waals surface area contributed by atoms with Crippen molar-refractivity contribution in [3.63, 3.8) is 0 Å². The molecule has 4 nitrogen and oxygen atoms in total. The van der Waals surface area contributed by atoms with E-state index in [4.69, 9.17) is 27.9 Å². The highest BCUT2D eigenvalue weighted by Gasteiger charge is 2.09. The van der Waals surface area contributed by atoms with Crippen molar-refractivity contribution in [2.24, 2.45) is 0 Å². The fourth-order valence-corrected chi connectivity index (χ4v) is 2.25. The zero-order valence-corrected chi connectivity index (χ0v) is 15.3. The van der Waals surface area contributed by atoms with Gasteiger partial charge in [0.2, 0.25) is 5.91 Å². The number of nitrogens with one attached hydrogen (secondary N) is 1. The third-order valence-corrected chi connectivity index (χ3v) is 3.84. The first-order valence-corrected chi connectivity index (χ1v) is 8.36. The predicted octanol–water partition coefficient (Wildman–Crippen LogP) is 5.21. The molecule has 0 saturated heterocycles. The van der Waals surface area contributed by atoms with Gasteiger partial charge in [-0.3, -0.25) is 4.79 Å². The smallest absolute Gasteiger partial charge is 0.338 e. The largest absolute Gasteiger partial charge is 0.459 e. The molecule has 0 saturated carbocycles. The van der Waals surface area contributed by atoms with Gasteiger partial charge in [0.1, 0.15) is 0 Å². The molecule has 0 heterocycles. The normalized spacial score (nSPS) is 10.9. The van der Waals surface area contributed by atoms with Gasteiger partial charge in [0, 0.05) is 11.8 Å². The molecule has 1 N–H and O–H groups in total. The Kier molecular flexibility index (Phi) is 6.62. The van der Waals surface area contributed by atoms with Crippen LogP contribution in [0, 0.1) is 0 Å². The first-order chi connectivity index (χ1) is 11.8. The number of hydrogen-bond acceptors (Lipinski definition) is 3. The van der Waals surface area contributed by atoms with Crippen LogP contribution in [0.3, 0.4) is 0 Å². The molecule has 130 valence electrons. The number of esters is 1. The van der Waals surface area contributed by atoms with Gasteiger partial charge >= 0.3 is 5.97 Å². The highest BCUT2D eigenvalue weighted by atomic mass is 35.5. The molecule has 0 bridgehead atoms. The van der Waals surface area contributed by atoms with E-state index in [1.54, 1.807) is 62.4 Å². The molecule has 0 aromatic heterocycles. The highest BCUT2D eigenvalue weighted by molar-refractivity contribution is 6.42. The van der Waals surface area contributed by atoms with Crippen LogP contribution in [-0.4, -0.2) is 18.0 Å². The van der Waals surface area contributed by atoms with Crippen LogP contribution in [0.2, 0.25) is 10.0 Å². The molecule has 0 fully saturated rings. The minimum atomic E-state index is -0.396. The summed E-state index contributed by atoms with van der Waals surface area (Å²) in [5.74, 6) is -0.698. The van der Waals surface area contributed by atoms with Crippen molar-refractivity contribution in [3.8, 4) is 0 Å².